The van der Waals surface area contributed by atoms with E-state index < -0.39 is 5.91 Å². The molecule has 0 radical (unpaired) electrons. The molecule has 0 bridgehead atoms. The molecule has 0 heterocycles. The van der Waals surface area contributed by atoms with Gasteiger partial charge in [-0.3, -0.25) is 9.59 Å². The van der Waals surface area contributed by atoms with Gasteiger partial charge in [0.05, 0.1) is 0 Å². The van der Waals surface area contributed by atoms with Crippen molar-refractivity contribution in [3.8, 4) is 6.07 Å². The van der Waals surface area contributed by atoms with E-state index in [-0.39, 0.29) is 28.5 Å². The smallest absolute Gasteiger partial charge is 0.302 e. The van der Waals surface area contributed by atoms with Gasteiger partial charge in [0.1, 0.15) is 17.7 Å². The van der Waals surface area contributed by atoms with Crippen molar-refractivity contribution in [2.75, 3.05) is 0 Å². The number of fused-ring (bicyclic) bond motifs is 5. The molecule has 4 aliphatic carbocycles. The lowest BCUT2D eigenvalue weighted by atomic mass is 9.47. The number of nitrogens with zero attached hydrogens (tertiary/aromatic N) is 1. The Labute approximate surface area is 224 Å². The molecular formula is C31H35ClN2O3. The number of nitrogens with two attached hydrogens (primary N) is 1. The molecule has 5 rings (SSSR count). The quantitative estimate of drug-likeness (QED) is 0.213. The number of benzene rings is 1. The van der Waals surface area contributed by atoms with Gasteiger partial charge in [-0.1, -0.05) is 55.3 Å². The Morgan fingerprint density at radius 1 is 1.11 bits per heavy atom. The fraction of sp³-hybridized carbons (Fsp3) is 0.516. The van der Waals surface area contributed by atoms with Gasteiger partial charge >= 0.3 is 5.97 Å². The normalized spacial score (nSPS) is 36.9. The van der Waals surface area contributed by atoms with Crippen molar-refractivity contribution in [1.29, 1.82) is 5.26 Å². The van der Waals surface area contributed by atoms with Crippen LogP contribution in [0, 0.1) is 39.9 Å². The maximum absolute atomic E-state index is 12.5. The summed E-state index contributed by atoms with van der Waals surface area (Å²) in [7, 11) is 0. The number of rotatable bonds is 3. The van der Waals surface area contributed by atoms with Gasteiger partial charge in [-0.05, 0) is 96.0 Å². The molecule has 6 heteroatoms. The molecule has 5 nitrogen and oxygen atoms in total. The van der Waals surface area contributed by atoms with E-state index in [1.54, 1.807) is 0 Å². The second-order valence-corrected chi connectivity index (χ2v) is 12.3. The second-order valence-electron chi connectivity index (χ2n) is 11.8. The Balaban J connectivity index is 1.54. The van der Waals surface area contributed by atoms with Crippen molar-refractivity contribution < 1.29 is 14.3 Å². The number of hydrogen-bond acceptors (Lipinski definition) is 4. The van der Waals surface area contributed by atoms with Crippen molar-refractivity contribution in [3.63, 3.8) is 0 Å². The minimum absolute atomic E-state index is 0.0223. The van der Waals surface area contributed by atoms with Crippen molar-refractivity contribution in [2.45, 2.75) is 71.8 Å². The molecule has 6 atom stereocenters. The van der Waals surface area contributed by atoms with Gasteiger partial charge in [-0.15, -0.1) is 0 Å². The molecule has 0 spiro atoms. The number of allylic oxidation sites excluding steroid dienone is 3. The summed E-state index contributed by atoms with van der Waals surface area (Å²) in [6, 6.07) is 9.81. The van der Waals surface area contributed by atoms with Crippen molar-refractivity contribution in [1.82, 2.24) is 0 Å². The van der Waals surface area contributed by atoms with E-state index >= 15 is 0 Å². The first-order chi connectivity index (χ1) is 17.6. The monoisotopic (exact) mass is 518 g/mol. The predicted molar refractivity (Wildman–Crippen MR) is 144 cm³/mol. The molecule has 194 valence electrons. The summed E-state index contributed by atoms with van der Waals surface area (Å²) < 4.78 is 5.58. The van der Waals surface area contributed by atoms with Crippen LogP contribution in [-0.4, -0.2) is 18.0 Å². The van der Waals surface area contributed by atoms with Crippen LogP contribution < -0.4 is 5.73 Å². The Morgan fingerprint density at radius 3 is 2.46 bits per heavy atom. The number of primary amides is 1. The number of nitriles is 1. The highest BCUT2D eigenvalue weighted by Crippen LogP contribution is 2.67. The molecule has 2 N–H and O–H groups in total. The molecule has 37 heavy (non-hydrogen) atoms. The maximum atomic E-state index is 12.5. The summed E-state index contributed by atoms with van der Waals surface area (Å²) in [5.74, 6) is 0.452. The summed E-state index contributed by atoms with van der Waals surface area (Å²) in [6.45, 7) is 6.14. The van der Waals surface area contributed by atoms with Crippen LogP contribution in [0.25, 0.3) is 6.08 Å². The van der Waals surface area contributed by atoms with Crippen LogP contribution in [0.4, 0.5) is 0 Å². The highest BCUT2D eigenvalue weighted by molar-refractivity contribution is 6.30. The lowest BCUT2D eigenvalue weighted by Gasteiger charge is -2.57. The Morgan fingerprint density at radius 2 is 1.81 bits per heavy atom. The first-order valence-electron chi connectivity index (χ1n) is 13.3. The topological polar surface area (TPSA) is 93.2 Å². The molecule has 1 aromatic rings. The Hall–Kier alpha value is -2.84. The van der Waals surface area contributed by atoms with Gasteiger partial charge in [-0.25, -0.2) is 0 Å². The van der Waals surface area contributed by atoms with Gasteiger partial charge in [0.2, 0.25) is 0 Å². The third kappa shape index (κ3) is 4.34. The first-order valence-corrected chi connectivity index (χ1v) is 13.7. The molecule has 0 unspecified atom stereocenters. The molecule has 4 aliphatic rings. The average Bonchev–Trinajstić information content (AvgIpc) is 3.13. The number of carbonyl (C=O) groups is 2. The van der Waals surface area contributed by atoms with Crippen LogP contribution in [0.15, 0.2) is 52.6 Å². The highest BCUT2D eigenvalue weighted by atomic mass is 35.5. The molecule has 3 saturated carbocycles. The zero-order valence-electron chi connectivity index (χ0n) is 21.9. The lowest BCUT2D eigenvalue weighted by molar-refractivity contribution is -0.148. The second kappa shape index (κ2) is 9.48. The molecule has 1 aromatic carbocycles. The Bertz CT molecular complexity index is 1270. The fourth-order valence-electron chi connectivity index (χ4n) is 8.25. The van der Waals surface area contributed by atoms with E-state index in [0.717, 1.165) is 61.7 Å². The average molecular weight is 519 g/mol. The van der Waals surface area contributed by atoms with Crippen molar-refractivity contribution in [2.24, 2.45) is 34.3 Å². The molecular weight excluding hydrogens is 484 g/mol. The van der Waals surface area contributed by atoms with Crippen LogP contribution in [0.5, 0.6) is 0 Å². The highest BCUT2D eigenvalue weighted by Gasteiger charge is 2.59. The van der Waals surface area contributed by atoms with Gasteiger partial charge in [0.25, 0.3) is 5.91 Å². The molecule has 3 fully saturated rings. The number of carbonyl (C=O) groups excluding carboxylic acids is 2. The van der Waals surface area contributed by atoms with E-state index in [0.29, 0.717) is 22.8 Å². The van der Waals surface area contributed by atoms with Gasteiger partial charge < -0.3 is 10.5 Å². The minimum Gasteiger partial charge on any atom is -0.462 e. The largest absolute Gasteiger partial charge is 0.462 e. The van der Waals surface area contributed by atoms with Gasteiger partial charge in [0.15, 0.2) is 0 Å². The third-order valence-corrected chi connectivity index (χ3v) is 10.2. The van der Waals surface area contributed by atoms with E-state index in [1.165, 1.54) is 12.5 Å². The first kappa shape index (κ1) is 25.8. The van der Waals surface area contributed by atoms with Crippen molar-refractivity contribution >= 4 is 29.6 Å². The van der Waals surface area contributed by atoms with Crippen LogP contribution >= 0.6 is 11.6 Å². The van der Waals surface area contributed by atoms with Gasteiger partial charge in [-0.2, -0.15) is 5.26 Å². The van der Waals surface area contributed by atoms with E-state index in [4.69, 9.17) is 22.1 Å². The summed E-state index contributed by atoms with van der Waals surface area (Å²) in [5, 5.41) is 10.7. The van der Waals surface area contributed by atoms with Crippen LogP contribution in [0.3, 0.4) is 0 Å². The molecule has 0 saturated heterocycles. The molecule has 0 aromatic heterocycles. The van der Waals surface area contributed by atoms with Crippen molar-refractivity contribution in [3.05, 3.63) is 63.2 Å². The Kier molecular flexibility index (Phi) is 6.61. The summed E-state index contributed by atoms with van der Waals surface area (Å²) in [4.78, 5) is 24.0. The van der Waals surface area contributed by atoms with E-state index in [1.807, 2.05) is 24.3 Å². The zero-order chi connectivity index (χ0) is 26.5. The summed E-state index contributed by atoms with van der Waals surface area (Å²) >= 11 is 6.11. The molecule has 0 aliphatic heterocycles. The van der Waals surface area contributed by atoms with Gasteiger partial charge in [0, 0.05) is 18.4 Å². The number of esters is 1. The zero-order valence-corrected chi connectivity index (χ0v) is 22.6. The van der Waals surface area contributed by atoms with Crippen LogP contribution in [-0.2, 0) is 14.3 Å². The number of ether oxygens (including phenoxy) is 1. The predicted octanol–water partition coefficient (Wildman–Crippen LogP) is 6.53. The number of halogens is 1. The summed E-state index contributed by atoms with van der Waals surface area (Å²) in [6.07, 6.45) is 11.0. The third-order valence-electron chi connectivity index (χ3n) is 9.93. The number of hydrogen-bond donors (Lipinski definition) is 1. The summed E-state index contributed by atoms with van der Waals surface area (Å²) in [5.41, 5.74) is 10.0. The standard InChI is InChI=1S/C31H35ClN2O3/c1-18(35)37-23-10-12-30(2)21(16-23)6-9-24-26(30)11-13-31(3)27(24)15-20(28(31)25(17-33)29(34)36)14-19-4-7-22(32)8-5-19/h4-8,14,23-24,26-27H,9-13,15-16H2,1-3H3,(H2,34,36)/b20-14+,28-25-/t23-,24+,26-,27-,30-,31-/m0/s1. The fourth-order valence-corrected chi connectivity index (χ4v) is 8.37. The van der Waals surface area contributed by atoms with E-state index in [2.05, 4.69) is 32.1 Å². The minimum atomic E-state index is -0.648. The number of amides is 1. The van der Waals surface area contributed by atoms with E-state index in [9.17, 15) is 14.9 Å². The lowest BCUT2D eigenvalue weighted by Crippen LogP contribution is -2.50. The SMILES string of the molecule is CC(=O)O[C@H]1CC[C@@]2(C)C(=CC[C@@H]3[C@@H]2CC[C@]2(C)C(=C(/C#N)C(N)=O)/C(=C/c4ccc(Cl)cc4)C[C@@H]32)C1. The molecule has 1 amide bonds. The van der Waals surface area contributed by atoms with Crippen LogP contribution in [0.2, 0.25) is 5.02 Å². The van der Waals surface area contributed by atoms with Crippen LogP contribution in [0.1, 0.15) is 71.3 Å². The maximum Gasteiger partial charge on any atom is 0.302 e.